The summed E-state index contributed by atoms with van der Waals surface area (Å²) in [4.78, 5) is 28.6. The average molecular weight is 454 g/mol. The van der Waals surface area contributed by atoms with E-state index in [0.29, 0.717) is 13.1 Å². The van der Waals surface area contributed by atoms with Crippen molar-refractivity contribution in [1.82, 2.24) is 9.80 Å². The molecule has 1 heterocycles. The predicted octanol–water partition coefficient (Wildman–Crippen LogP) is 4.20. The standard InChI is InChI=1S/C22H23ClF3N3O2/c1-14(21(31)29-10-9-15-5-3-4-6-16(15)12-29)28(2)13-20(30)27-17-7-8-19(23)18(11-17)22(24,25)26/h3-8,11,14H,9-10,12-13H2,1-2H3,(H,27,30)/t14-/m0/s1. The van der Waals surface area contributed by atoms with Crippen LogP contribution in [0.25, 0.3) is 0 Å². The van der Waals surface area contributed by atoms with Crippen molar-refractivity contribution >= 4 is 29.1 Å². The van der Waals surface area contributed by atoms with Gasteiger partial charge in [-0.05, 0) is 49.7 Å². The molecule has 1 atom stereocenters. The molecule has 1 aliphatic rings. The number of nitrogens with one attached hydrogen (secondary N) is 1. The Bertz CT molecular complexity index is 981. The van der Waals surface area contributed by atoms with Gasteiger partial charge in [-0.2, -0.15) is 13.2 Å². The molecule has 2 amide bonds. The number of benzene rings is 2. The number of carbonyl (C=O) groups is 2. The number of halogens is 4. The summed E-state index contributed by atoms with van der Waals surface area (Å²) in [6, 6.07) is 10.6. The Morgan fingerprint density at radius 1 is 1.19 bits per heavy atom. The van der Waals surface area contributed by atoms with Crippen LogP contribution in [0.4, 0.5) is 18.9 Å². The molecule has 0 saturated carbocycles. The van der Waals surface area contributed by atoms with E-state index in [4.69, 9.17) is 11.6 Å². The normalized spacial score (nSPS) is 14.9. The first-order valence-electron chi connectivity index (χ1n) is 9.78. The molecule has 0 aliphatic carbocycles. The van der Waals surface area contributed by atoms with E-state index in [-0.39, 0.29) is 18.1 Å². The van der Waals surface area contributed by atoms with Crippen molar-refractivity contribution in [3.05, 3.63) is 64.2 Å². The minimum atomic E-state index is -4.62. The molecule has 2 aromatic rings. The molecule has 2 aromatic carbocycles. The van der Waals surface area contributed by atoms with E-state index in [0.717, 1.165) is 24.1 Å². The van der Waals surface area contributed by atoms with E-state index in [1.54, 1.807) is 23.8 Å². The summed E-state index contributed by atoms with van der Waals surface area (Å²) in [5.41, 5.74) is 1.31. The molecule has 0 saturated heterocycles. The fourth-order valence-corrected chi connectivity index (χ4v) is 3.75. The second kappa shape index (κ2) is 9.28. The van der Waals surface area contributed by atoms with E-state index < -0.39 is 28.7 Å². The van der Waals surface area contributed by atoms with Gasteiger partial charge in [0.15, 0.2) is 0 Å². The van der Waals surface area contributed by atoms with Gasteiger partial charge in [-0.3, -0.25) is 14.5 Å². The molecule has 31 heavy (non-hydrogen) atoms. The second-order valence-electron chi connectivity index (χ2n) is 7.61. The van der Waals surface area contributed by atoms with Crippen LogP contribution in [0.5, 0.6) is 0 Å². The number of rotatable bonds is 5. The van der Waals surface area contributed by atoms with Gasteiger partial charge in [-0.25, -0.2) is 0 Å². The number of carbonyl (C=O) groups excluding carboxylic acids is 2. The van der Waals surface area contributed by atoms with Gasteiger partial charge in [0, 0.05) is 18.8 Å². The van der Waals surface area contributed by atoms with E-state index >= 15 is 0 Å². The van der Waals surface area contributed by atoms with Gasteiger partial charge in [-0.15, -0.1) is 0 Å². The lowest BCUT2D eigenvalue weighted by Gasteiger charge is -2.33. The smallest absolute Gasteiger partial charge is 0.337 e. The summed E-state index contributed by atoms with van der Waals surface area (Å²) in [6.45, 7) is 2.68. The molecule has 166 valence electrons. The van der Waals surface area contributed by atoms with Crippen LogP contribution >= 0.6 is 11.6 Å². The predicted molar refractivity (Wildman–Crippen MR) is 113 cm³/mol. The number of hydrogen-bond acceptors (Lipinski definition) is 3. The Morgan fingerprint density at radius 3 is 2.55 bits per heavy atom. The second-order valence-corrected chi connectivity index (χ2v) is 8.02. The number of fused-ring (bicyclic) bond motifs is 1. The summed E-state index contributed by atoms with van der Waals surface area (Å²) in [7, 11) is 1.63. The van der Waals surface area contributed by atoms with Gasteiger partial charge in [0.1, 0.15) is 0 Å². The van der Waals surface area contributed by atoms with Crippen LogP contribution in [0.3, 0.4) is 0 Å². The highest BCUT2D eigenvalue weighted by molar-refractivity contribution is 6.31. The fraction of sp³-hybridized carbons (Fsp3) is 0.364. The number of amides is 2. The molecule has 0 fully saturated rings. The molecule has 1 N–H and O–H groups in total. The van der Waals surface area contributed by atoms with Gasteiger partial charge in [0.05, 0.1) is 23.2 Å². The number of alkyl halides is 3. The highest BCUT2D eigenvalue weighted by Crippen LogP contribution is 2.36. The lowest BCUT2D eigenvalue weighted by molar-refractivity contribution is -0.138. The summed E-state index contributed by atoms with van der Waals surface area (Å²) in [5, 5.41) is 1.99. The quantitative estimate of drug-likeness (QED) is 0.738. The molecule has 0 bridgehead atoms. The molecular weight excluding hydrogens is 431 g/mol. The maximum atomic E-state index is 13.0. The van der Waals surface area contributed by atoms with Crippen LogP contribution in [0, 0.1) is 0 Å². The first-order chi connectivity index (χ1) is 14.6. The summed E-state index contributed by atoms with van der Waals surface area (Å²) in [5.74, 6) is -0.628. The number of likely N-dealkylation sites (N-methyl/N-ethyl adjacent to an activating group) is 1. The summed E-state index contributed by atoms with van der Waals surface area (Å²) >= 11 is 5.60. The fourth-order valence-electron chi connectivity index (χ4n) is 3.52. The largest absolute Gasteiger partial charge is 0.417 e. The van der Waals surface area contributed by atoms with Crippen LogP contribution < -0.4 is 5.32 Å². The SMILES string of the molecule is C[C@@H](C(=O)N1CCc2ccccc2C1)N(C)CC(=O)Nc1ccc(Cl)c(C(F)(F)F)c1. The van der Waals surface area contributed by atoms with Crippen LogP contribution in [-0.4, -0.2) is 47.8 Å². The van der Waals surface area contributed by atoms with Crippen molar-refractivity contribution in [2.45, 2.75) is 32.1 Å². The van der Waals surface area contributed by atoms with Gasteiger partial charge < -0.3 is 10.2 Å². The van der Waals surface area contributed by atoms with Gasteiger partial charge in [-0.1, -0.05) is 35.9 Å². The highest BCUT2D eigenvalue weighted by atomic mass is 35.5. The first kappa shape index (κ1) is 23.1. The highest BCUT2D eigenvalue weighted by Gasteiger charge is 2.33. The first-order valence-corrected chi connectivity index (χ1v) is 10.2. The van der Waals surface area contributed by atoms with Crippen molar-refractivity contribution in [2.75, 3.05) is 25.5 Å². The van der Waals surface area contributed by atoms with Crippen molar-refractivity contribution in [3.63, 3.8) is 0 Å². The molecule has 1 aliphatic heterocycles. The van der Waals surface area contributed by atoms with Gasteiger partial charge in [0.2, 0.25) is 11.8 Å². The lowest BCUT2D eigenvalue weighted by atomic mass is 9.99. The third-order valence-corrected chi connectivity index (χ3v) is 5.74. The van der Waals surface area contributed by atoms with Crippen molar-refractivity contribution in [1.29, 1.82) is 0 Å². The summed E-state index contributed by atoms with van der Waals surface area (Å²) in [6.07, 6.45) is -3.85. The van der Waals surface area contributed by atoms with E-state index in [2.05, 4.69) is 11.4 Å². The van der Waals surface area contributed by atoms with Crippen LogP contribution in [0.1, 0.15) is 23.6 Å². The van der Waals surface area contributed by atoms with Crippen molar-refractivity contribution in [2.24, 2.45) is 0 Å². The molecule has 0 aromatic heterocycles. The Balaban J connectivity index is 1.59. The van der Waals surface area contributed by atoms with Gasteiger partial charge in [0.25, 0.3) is 0 Å². The number of anilines is 1. The third-order valence-electron chi connectivity index (χ3n) is 5.41. The molecule has 0 unspecified atom stereocenters. The number of hydrogen-bond donors (Lipinski definition) is 1. The maximum absolute atomic E-state index is 13.0. The zero-order valence-electron chi connectivity index (χ0n) is 17.2. The third kappa shape index (κ3) is 5.57. The molecule has 9 heteroatoms. The Hall–Kier alpha value is -2.58. The topological polar surface area (TPSA) is 52.7 Å². The lowest BCUT2D eigenvalue weighted by Crippen LogP contribution is -2.49. The molecule has 3 rings (SSSR count). The van der Waals surface area contributed by atoms with E-state index in [1.165, 1.54) is 11.6 Å². The molecule has 5 nitrogen and oxygen atoms in total. The Labute approximate surface area is 183 Å². The minimum Gasteiger partial charge on any atom is -0.337 e. The van der Waals surface area contributed by atoms with Crippen LogP contribution in [0.15, 0.2) is 42.5 Å². The van der Waals surface area contributed by atoms with Crippen molar-refractivity contribution in [3.8, 4) is 0 Å². The monoisotopic (exact) mass is 453 g/mol. The van der Waals surface area contributed by atoms with E-state index in [9.17, 15) is 22.8 Å². The van der Waals surface area contributed by atoms with Crippen LogP contribution in [-0.2, 0) is 28.7 Å². The maximum Gasteiger partial charge on any atom is 0.417 e. The minimum absolute atomic E-state index is 0.0123. The van der Waals surface area contributed by atoms with E-state index in [1.807, 2.05) is 18.2 Å². The number of nitrogens with zero attached hydrogens (tertiary/aromatic N) is 2. The zero-order valence-corrected chi connectivity index (χ0v) is 17.9. The Kier molecular flexibility index (Phi) is 6.91. The molecule has 0 radical (unpaired) electrons. The van der Waals surface area contributed by atoms with Crippen molar-refractivity contribution < 1.29 is 22.8 Å². The summed E-state index contributed by atoms with van der Waals surface area (Å²) < 4.78 is 39.0. The average Bonchev–Trinajstić information content (AvgIpc) is 2.72. The zero-order chi connectivity index (χ0) is 22.8. The molecular formula is C22H23ClF3N3O2. The molecule has 0 spiro atoms. The Morgan fingerprint density at radius 2 is 1.87 bits per heavy atom. The van der Waals surface area contributed by atoms with Crippen LogP contribution in [0.2, 0.25) is 5.02 Å². The van der Waals surface area contributed by atoms with Gasteiger partial charge >= 0.3 is 6.18 Å².